The van der Waals surface area contributed by atoms with Crippen molar-refractivity contribution >= 4 is 11.9 Å². The van der Waals surface area contributed by atoms with Gasteiger partial charge >= 0.3 is 6.18 Å². The molecule has 2 N–H and O–H groups in total. The molecule has 2 aliphatic rings. The number of alkyl halides is 3. The first-order valence-electron chi connectivity index (χ1n) is 17.3. The summed E-state index contributed by atoms with van der Waals surface area (Å²) in [4.78, 5) is 25.0. The highest BCUT2D eigenvalue weighted by molar-refractivity contribution is 5.83. The maximum absolute atomic E-state index is 12.7. The normalized spacial score (nSPS) is 17.1. The average molecular weight is 673 g/mol. The molecule has 1 aromatic heterocycles. The molecule has 3 heterocycles. The van der Waals surface area contributed by atoms with Crippen LogP contribution in [0.3, 0.4) is 0 Å². The lowest BCUT2D eigenvalue weighted by molar-refractivity contribution is -0.141. The molecule has 10 heteroatoms. The van der Waals surface area contributed by atoms with Crippen molar-refractivity contribution in [3.8, 4) is 0 Å². The minimum Gasteiger partial charge on any atom is -0.353 e. The Labute approximate surface area is 288 Å². The first kappa shape index (κ1) is 36.0. The number of benzene rings is 3. The van der Waals surface area contributed by atoms with E-state index < -0.39 is 11.9 Å². The number of carbonyl (C=O) groups excluding carboxylic acids is 1. The van der Waals surface area contributed by atoms with Crippen molar-refractivity contribution in [3.05, 3.63) is 126 Å². The summed E-state index contributed by atoms with van der Waals surface area (Å²) in [5.74, 6) is 0.185. The van der Waals surface area contributed by atoms with Gasteiger partial charge in [0.2, 0.25) is 11.9 Å². The number of hydrogen-bond acceptors (Lipinski definition) is 6. The van der Waals surface area contributed by atoms with Gasteiger partial charge in [-0.3, -0.25) is 14.6 Å². The van der Waals surface area contributed by atoms with Gasteiger partial charge in [0.15, 0.2) is 0 Å². The van der Waals surface area contributed by atoms with Gasteiger partial charge in [-0.05, 0) is 54.9 Å². The van der Waals surface area contributed by atoms with E-state index in [-0.39, 0.29) is 23.8 Å². The topological polar surface area (TPSA) is 73.4 Å². The van der Waals surface area contributed by atoms with Crippen LogP contribution >= 0.6 is 0 Å². The Morgan fingerprint density at radius 3 is 1.73 bits per heavy atom. The van der Waals surface area contributed by atoms with Gasteiger partial charge in [0.1, 0.15) is 5.69 Å². The molecule has 1 unspecified atom stereocenters. The van der Waals surface area contributed by atoms with E-state index in [2.05, 4.69) is 91.9 Å². The monoisotopic (exact) mass is 672 g/mol. The molecule has 7 nitrogen and oxygen atoms in total. The van der Waals surface area contributed by atoms with Crippen LogP contribution in [-0.4, -0.2) is 63.9 Å². The average Bonchev–Trinajstić information content (AvgIpc) is 3.12. The third-order valence-corrected chi connectivity index (χ3v) is 9.23. The third kappa shape index (κ3) is 11.4. The van der Waals surface area contributed by atoms with Crippen LogP contribution in [0.4, 0.5) is 19.1 Å². The third-order valence-electron chi connectivity index (χ3n) is 9.23. The highest BCUT2D eigenvalue weighted by Gasteiger charge is 2.33. The maximum atomic E-state index is 12.7. The molecule has 0 aliphatic carbocycles. The first-order valence-corrected chi connectivity index (χ1v) is 17.3. The summed E-state index contributed by atoms with van der Waals surface area (Å²) < 4.78 is 38.0. The summed E-state index contributed by atoms with van der Waals surface area (Å²) in [6, 6.07) is 32.2. The number of anilines is 1. The van der Waals surface area contributed by atoms with E-state index in [0.29, 0.717) is 6.04 Å². The van der Waals surface area contributed by atoms with Gasteiger partial charge in [0, 0.05) is 57.5 Å². The van der Waals surface area contributed by atoms with Crippen LogP contribution in [0.1, 0.15) is 67.3 Å². The fraction of sp³-hybridized carbons (Fsp3) is 0.410. The molecule has 2 fully saturated rings. The summed E-state index contributed by atoms with van der Waals surface area (Å²) in [7, 11) is 0. The van der Waals surface area contributed by atoms with E-state index >= 15 is 0 Å². The first-order chi connectivity index (χ1) is 23.8. The number of aromatic nitrogens is 2. The van der Waals surface area contributed by atoms with Crippen LogP contribution in [-0.2, 0) is 24.1 Å². The zero-order valence-electron chi connectivity index (χ0n) is 28.2. The Morgan fingerprint density at radius 2 is 1.24 bits per heavy atom. The molecule has 0 spiro atoms. The molecule has 2 saturated heterocycles. The fourth-order valence-electron chi connectivity index (χ4n) is 6.48. The van der Waals surface area contributed by atoms with Crippen LogP contribution in [0.2, 0.25) is 0 Å². The Hall–Kier alpha value is -4.28. The van der Waals surface area contributed by atoms with E-state index in [0.717, 1.165) is 89.2 Å². The Balaban J connectivity index is 0.000000191. The van der Waals surface area contributed by atoms with Gasteiger partial charge in [-0.25, -0.2) is 9.97 Å². The molecule has 0 radical (unpaired) electrons. The number of halogens is 3. The van der Waals surface area contributed by atoms with Crippen LogP contribution in [0.25, 0.3) is 0 Å². The highest BCUT2D eigenvalue weighted by atomic mass is 19.4. The van der Waals surface area contributed by atoms with Crippen LogP contribution < -0.4 is 10.6 Å². The second-order valence-corrected chi connectivity index (χ2v) is 12.9. The second-order valence-electron chi connectivity index (χ2n) is 12.9. The van der Waals surface area contributed by atoms with E-state index in [1.54, 1.807) is 0 Å². The fourth-order valence-corrected chi connectivity index (χ4v) is 6.48. The summed E-state index contributed by atoms with van der Waals surface area (Å²) in [5.41, 5.74) is 2.83. The number of amides is 1. The number of piperidine rings is 2. The Bertz CT molecular complexity index is 1540. The second kappa shape index (κ2) is 17.9. The lowest BCUT2D eigenvalue weighted by Gasteiger charge is -2.33. The molecule has 6 rings (SSSR count). The summed E-state index contributed by atoms with van der Waals surface area (Å²) in [6.07, 6.45) is 1.30. The van der Waals surface area contributed by atoms with E-state index in [1.165, 1.54) is 11.1 Å². The predicted octanol–water partition coefficient (Wildman–Crippen LogP) is 7.53. The number of nitrogens with one attached hydrogen (secondary N) is 2. The molecular weight excluding hydrogens is 625 g/mol. The van der Waals surface area contributed by atoms with Crippen LogP contribution in [0.15, 0.2) is 103 Å². The molecule has 0 saturated carbocycles. The molecule has 1 atom stereocenters. The molecule has 4 aromatic rings. The van der Waals surface area contributed by atoms with Gasteiger partial charge in [0.25, 0.3) is 0 Å². The van der Waals surface area contributed by atoms with Crippen molar-refractivity contribution in [1.29, 1.82) is 0 Å². The van der Waals surface area contributed by atoms with Gasteiger partial charge in [-0.2, -0.15) is 13.2 Å². The van der Waals surface area contributed by atoms with E-state index in [9.17, 15) is 18.0 Å². The van der Waals surface area contributed by atoms with Crippen molar-refractivity contribution < 1.29 is 18.0 Å². The molecule has 3 aromatic carbocycles. The van der Waals surface area contributed by atoms with E-state index in [1.807, 2.05) is 36.4 Å². The molecule has 2 aliphatic heterocycles. The molecule has 260 valence electrons. The lowest BCUT2D eigenvalue weighted by atomic mass is 9.94. The minimum atomic E-state index is -4.45. The SMILES string of the molecule is CCC(C(=O)NC1CCN(Cc2ccccc2)CC1)c1ccccc1.FC(F)(F)c1ccnc(NC2CCN(Cc3ccccc3)CC2)n1. The molecule has 49 heavy (non-hydrogen) atoms. The quantitative estimate of drug-likeness (QED) is 0.182. The summed E-state index contributed by atoms with van der Waals surface area (Å²) in [6.45, 7) is 7.86. The van der Waals surface area contributed by atoms with Crippen LogP contribution in [0, 0.1) is 0 Å². The molecule has 1 amide bonds. The number of likely N-dealkylation sites (tertiary alicyclic amines) is 2. The number of rotatable bonds is 10. The number of hydrogen-bond donors (Lipinski definition) is 2. The number of nitrogens with zero attached hydrogens (tertiary/aromatic N) is 4. The zero-order chi connectivity index (χ0) is 34.5. The van der Waals surface area contributed by atoms with Crippen molar-refractivity contribution in [2.45, 2.75) is 76.3 Å². The largest absolute Gasteiger partial charge is 0.433 e. The number of carbonyl (C=O) groups is 1. The Morgan fingerprint density at radius 1 is 0.755 bits per heavy atom. The lowest BCUT2D eigenvalue weighted by Crippen LogP contribution is -2.45. The Kier molecular flexibility index (Phi) is 13.2. The molecule has 0 bridgehead atoms. The zero-order valence-corrected chi connectivity index (χ0v) is 28.2. The summed E-state index contributed by atoms with van der Waals surface area (Å²) >= 11 is 0. The van der Waals surface area contributed by atoms with Crippen molar-refractivity contribution in [1.82, 2.24) is 25.1 Å². The van der Waals surface area contributed by atoms with Gasteiger partial charge in [-0.1, -0.05) is 97.9 Å². The predicted molar refractivity (Wildman–Crippen MR) is 188 cm³/mol. The van der Waals surface area contributed by atoms with Gasteiger partial charge < -0.3 is 10.6 Å². The van der Waals surface area contributed by atoms with Crippen molar-refractivity contribution in [2.75, 3.05) is 31.5 Å². The van der Waals surface area contributed by atoms with Crippen molar-refractivity contribution in [2.24, 2.45) is 0 Å². The highest BCUT2D eigenvalue weighted by Crippen LogP contribution is 2.28. The van der Waals surface area contributed by atoms with Crippen molar-refractivity contribution in [3.63, 3.8) is 0 Å². The van der Waals surface area contributed by atoms with Crippen LogP contribution in [0.5, 0.6) is 0 Å². The van der Waals surface area contributed by atoms with E-state index in [4.69, 9.17) is 0 Å². The van der Waals surface area contributed by atoms with Gasteiger partial charge in [-0.15, -0.1) is 0 Å². The van der Waals surface area contributed by atoms with Gasteiger partial charge in [0.05, 0.1) is 5.92 Å². The minimum absolute atomic E-state index is 0.0384. The standard InChI is InChI=1S/C22H28N2O.C17H19F3N4/c1-2-21(19-11-7-4-8-12-19)22(25)23-20-13-15-24(16-14-20)17-18-9-5-3-6-10-18;18-17(19,20)15-6-9-21-16(23-15)22-14-7-10-24(11-8-14)12-13-4-2-1-3-5-13/h3-12,20-21H,2,13-17H2,1H3,(H,23,25);1-6,9,14H,7-8,10-12H2,(H,21,22,23). The molecular formula is C39H47F3N6O. The maximum Gasteiger partial charge on any atom is 0.433 e. The summed E-state index contributed by atoms with van der Waals surface area (Å²) in [5, 5.41) is 6.32. The smallest absolute Gasteiger partial charge is 0.353 e.